The summed E-state index contributed by atoms with van der Waals surface area (Å²) in [5.74, 6) is 1.94. The van der Waals surface area contributed by atoms with Crippen LogP contribution in [0.15, 0.2) is 67.1 Å². The van der Waals surface area contributed by atoms with Crippen molar-refractivity contribution in [3.8, 4) is 23.1 Å². The fourth-order valence-electron chi connectivity index (χ4n) is 7.78. The summed E-state index contributed by atoms with van der Waals surface area (Å²) in [6, 6.07) is 13.3. The number of amides is 1. The lowest BCUT2D eigenvalue weighted by atomic mass is 10.1. The highest BCUT2D eigenvalue weighted by Gasteiger charge is 2.47. The van der Waals surface area contributed by atoms with Gasteiger partial charge in [0.2, 0.25) is 0 Å². The Morgan fingerprint density at radius 3 is 2.64 bits per heavy atom. The van der Waals surface area contributed by atoms with Crippen molar-refractivity contribution in [3.63, 3.8) is 0 Å². The van der Waals surface area contributed by atoms with Crippen LogP contribution in [-0.2, 0) is 19.3 Å². The zero-order valence-electron chi connectivity index (χ0n) is 27.2. The van der Waals surface area contributed by atoms with Gasteiger partial charge in [-0.05, 0) is 80.0 Å². The normalized spacial score (nSPS) is 20.4. The Morgan fingerprint density at radius 2 is 1.90 bits per heavy atom. The molecule has 11 nitrogen and oxygen atoms in total. The number of fused-ring (bicyclic) bond motifs is 4. The van der Waals surface area contributed by atoms with Crippen molar-refractivity contribution in [3.05, 3.63) is 83.9 Å². The van der Waals surface area contributed by atoms with Crippen LogP contribution in [0.2, 0.25) is 0 Å². The molecule has 2 N–H and O–H groups in total. The molecule has 1 amide bonds. The number of hydrogen-bond donors (Lipinski definition) is 1. The van der Waals surface area contributed by atoms with Crippen LogP contribution in [0.25, 0.3) is 39.4 Å². The van der Waals surface area contributed by atoms with E-state index in [1.54, 1.807) is 31.8 Å². The van der Waals surface area contributed by atoms with Crippen LogP contribution in [0, 0.1) is 11.8 Å². The molecule has 256 valence electrons. The Kier molecular flexibility index (Phi) is 7.02. The molecule has 2 saturated carbocycles. The molecule has 3 atom stereocenters. The van der Waals surface area contributed by atoms with Crippen LogP contribution in [0.5, 0.6) is 5.75 Å². The smallest absolute Gasteiger partial charge is 0.433 e. The molecule has 1 aromatic carbocycles. The third-order valence-electron chi connectivity index (χ3n) is 10.4. The number of carbonyl (C=O) groups excluding carboxylic acids is 1. The van der Waals surface area contributed by atoms with Crippen molar-refractivity contribution >= 4 is 28.0 Å². The van der Waals surface area contributed by atoms with Gasteiger partial charge in [-0.25, -0.2) is 19.6 Å². The van der Waals surface area contributed by atoms with E-state index in [0.717, 1.165) is 55.0 Å². The van der Waals surface area contributed by atoms with E-state index in [-0.39, 0.29) is 30.4 Å². The first kappa shape index (κ1) is 30.8. The molecule has 3 aliphatic rings. The highest BCUT2D eigenvalue weighted by Crippen LogP contribution is 2.40. The highest BCUT2D eigenvalue weighted by molar-refractivity contribution is 6.00. The first-order chi connectivity index (χ1) is 24.2. The second-order valence-corrected chi connectivity index (χ2v) is 13.7. The third-order valence-corrected chi connectivity index (χ3v) is 10.4. The maximum Gasteiger partial charge on any atom is 0.433 e. The summed E-state index contributed by atoms with van der Waals surface area (Å²) in [5, 5.41) is 5.35. The van der Waals surface area contributed by atoms with Crippen LogP contribution in [0.1, 0.15) is 47.3 Å². The topological polar surface area (TPSA) is 122 Å². The lowest BCUT2D eigenvalue weighted by Gasteiger charge is -2.27. The van der Waals surface area contributed by atoms with Crippen molar-refractivity contribution in [1.29, 1.82) is 0 Å². The van der Waals surface area contributed by atoms with Gasteiger partial charge in [0.25, 0.3) is 5.91 Å². The first-order valence-electron chi connectivity index (χ1n) is 16.8. The molecule has 0 radical (unpaired) electrons. The highest BCUT2D eigenvalue weighted by atomic mass is 19.4. The average molecular weight is 682 g/mol. The van der Waals surface area contributed by atoms with Gasteiger partial charge in [0.1, 0.15) is 22.6 Å². The van der Waals surface area contributed by atoms with Crippen LogP contribution >= 0.6 is 0 Å². The quantitative estimate of drug-likeness (QED) is 0.219. The number of aromatic nitrogens is 7. The van der Waals surface area contributed by atoms with Crippen LogP contribution < -0.4 is 10.5 Å². The van der Waals surface area contributed by atoms with Gasteiger partial charge in [-0.1, -0.05) is 6.07 Å². The van der Waals surface area contributed by atoms with Gasteiger partial charge >= 0.3 is 6.18 Å². The second kappa shape index (κ2) is 11.4. The molecule has 1 saturated heterocycles. The number of ether oxygens (including phenoxy) is 1. The van der Waals surface area contributed by atoms with Crippen molar-refractivity contribution in [1.82, 2.24) is 38.8 Å². The molecule has 9 rings (SSSR count). The molecular formula is C36H34F3N9O2. The molecule has 14 heteroatoms. The fourth-order valence-corrected chi connectivity index (χ4v) is 7.78. The number of piperidine rings is 1. The summed E-state index contributed by atoms with van der Waals surface area (Å²) < 4.78 is 51.8. The van der Waals surface area contributed by atoms with Crippen LogP contribution in [0.3, 0.4) is 0 Å². The third kappa shape index (κ3) is 5.11. The van der Waals surface area contributed by atoms with E-state index in [1.807, 2.05) is 27.7 Å². The van der Waals surface area contributed by atoms with E-state index in [2.05, 4.69) is 20.7 Å². The molecule has 6 heterocycles. The van der Waals surface area contributed by atoms with E-state index < -0.39 is 11.9 Å². The van der Waals surface area contributed by atoms with Gasteiger partial charge in [0, 0.05) is 54.1 Å². The van der Waals surface area contributed by atoms with Gasteiger partial charge in [-0.3, -0.25) is 4.79 Å². The number of likely N-dealkylation sites (tertiary alicyclic amines) is 1. The maximum atomic E-state index is 14.0. The van der Waals surface area contributed by atoms with E-state index in [4.69, 9.17) is 20.4 Å². The Hall–Kier alpha value is -5.24. The SMILES string of the molecule is COc1cc(C(=O)N2CC3CCC2C3N)cc2nc(-c3cc4cccnc4n3CC3CC3)n(Cc3cnn(-c4cccc(C(F)(F)F)n4)c3)c12. The van der Waals surface area contributed by atoms with E-state index in [0.29, 0.717) is 52.1 Å². The zero-order valence-corrected chi connectivity index (χ0v) is 27.2. The van der Waals surface area contributed by atoms with Gasteiger partial charge in [0.15, 0.2) is 11.6 Å². The number of benzene rings is 1. The second-order valence-electron chi connectivity index (χ2n) is 13.7. The number of nitrogens with two attached hydrogens (primary N) is 1. The number of rotatable bonds is 8. The minimum Gasteiger partial charge on any atom is -0.494 e. The van der Waals surface area contributed by atoms with Gasteiger partial charge < -0.3 is 24.5 Å². The number of nitrogens with zero attached hydrogens (tertiary/aromatic N) is 8. The number of methoxy groups -OCH3 is 1. The maximum absolute atomic E-state index is 14.0. The summed E-state index contributed by atoms with van der Waals surface area (Å²) in [6.45, 7) is 1.69. The van der Waals surface area contributed by atoms with Crippen molar-refractivity contribution in [2.75, 3.05) is 13.7 Å². The number of imidazole rings is 1. The molecule has 2 aliphatic carbocycles. The lowest BCUT2D eigenvalue weighted by Crippen LogP contribution is -2.41. The van der Waals surface area contributed by atoms with E-state index >= 15 is 0 Å². The van der Waals surface area contributed by atoms with Crippen molar-refractivity contribution in [2.45, 2.75) is 57.0 Å². The lowest BCUT2D eigenvalue weighted by molar-refractivity contribution is -0.141. The van der Waals surface area contributed by atoms with Gasteiger partial charge in [-0.2, -0.15) is 18.3 Å². The van der Waals surface area contributed by atoms with Crippen molar-refractivity contribution in [2.24, 2.45) is 17.6 Å². The number of carbonyl (C=O) groups is 1. The molecule has 3 fully saturated rings. The summed E-state index contributed by atoms with van der Waals surface area (Å²) in [5.41, 5.74) is 9.63. The molecule has 5 aromatic heterocycles. The standard InChI is InChI=1S/C36H34F3N9O2/c1-50-28-14-24(35(49)46-19-23-9-10-26(46)31(23)40)12-25-32(28)47(17-21-15-42-48(18-21)30-6-2-5-29(44-30)36(37,38)39)34(43-25)27-13-22-4-3-11-41-33(22)45(27)16-20-7-8-20/h2-6,11-15,18,20,23,26,31H,7-10,16-17,19,40H2,1H3. The molecule has 6 aromatic rings. The molecule has 3 unspecified atom stereocenters. The zero-order chi connectivity index (χ0) is 34.3. The van der Waals surface area contributed by atoms with E-state index in [1.165, 1.54) is 16.8 Å². The molecule has 50 heavy (non-hydrogen) atoms. The number of halogens is 3. The summed E-state index contributed by atoms with van der Waals surface area (Å²) in [7, 11) is 1.57. The first-order valence-corrected chi connectivity index (χ1v) is 16.8. The van der Waals surface area contributed by atoms with Gasteiger partial charge in [-0.15, -0.1) is 0 Å². The Bertz CT molecular complexity index is 2290. The summed E-state index contributed by atoms with van der Waals surface area (Å²) >= 11 is 0. The number of alkyl halides is 3. The predicted octanol–water partition coefficient (Wildman–Crippen LogP) is 5.68. The molecule has 0 spiro atoms. The Balaban J connectivity index is 1.18. The average Bonchev–Trinajstić information content (AvgIpc) is 3.43. The van der Waals surface area contributed by atoms with E-state index in [9.17, 15) is 18.0 Å². The molecule has 1 aliphatic heterocycles. The predicted molar refractivity (Wildman–Crippen MR) is 179 cm³/mol. The summed E-state index contributed by atoms with van der Waals surface area (Å²) in [4.78, 5) is 29.5. The van der Waals surface area contributed by atoms with Crippen LogP contribution in [0.4, 0.5) is 13.2 Å². The summed E-state index contributed by atoms with van der Waals surface area (Å²) in [6.07, 6.45) is 4.70. The molecular weight excluding hydrogens is 647 g/mol. The minimum absolute atomic E-state index is 0.00978. The number of pyridine rings is 2. The monoisotopic (exact) mass is 681 g/mol. The van der Waals surface area contributed by atoms with Crippen molar-refractivity contribution < 1.29 is 22.7 Å². The van der Waals surface area contributed by atoms with Crippen LogP contribution in [-0.4, -0.2) is 70.4 Å². The Labute approximate surface area is 284 Å². The molecule has 2 bridgehead atoms. The largest absolute Gasteiger partial charge is 0.494 e. The minimum atomic E-state index is -4.58. The Morgan fingerprint density at radius 1 is 1.04 bits per heavy atom. The number of hydrogen-bond acceptors (Lipinski definition) is 7. The fraction of sp³-hybridized carbons (Fsp3) is 0.361. The van der Waals surface area contributed by atoms with Gasteiger partial charge in [0.05, 0.1) is 31.1 Å².